The third kappa shape index (κ3) is 5.43. The summed E-state index contributed by atoms with van der Waals surface area (Å²) in [5.74, 6) is -0.0232. The fourth-order valence-electron chi connectivity index (χ4n) is 2.11. The average Bonchev–Trinajstić information content (AvgIpc) is 2.35. The summed E-state index contributed by atoms with van der Waals surface area (Å²) in [6.45, 7) is 8.45. The molecule has 1 rings (SSSR count). The van der Waals surface area contributed by atoms with Crippen LogP contribution in [0, 0.1) is 6.92 Å². The molecule has 0 bridgehead atoms. The molecule has 4 heteroatoms. The van der Waals surface area contributed by atoms with Crippen molar-refractivity contribution in [1.29, 1.82) is 0 Å². The summed E-state index contributed by atoms with van der Waals surface area (Å²) in [5, 5.41) is 2.88. The predicted molar refractivity (Wildman–Crippen MR) is 80.2 cm³/mol. The van der Waals surface area contributed by atoms with Gasteiger partial charge in [0.15, 0.2) is 0 Å². The number of hydrogen-bond donors (Lipinski definition) is 1. The minimum atomic E-state index is -0.0293. The lowest BCUT2D eigenvalue weighted by molar-refractivity contribution is -0.131. The third-order valence-corrected chi connectivity index (χ3v) is 3.18. The Labute approximate surface area is 121 Å². The lowest BCUT2D eigenvalue weighted by atomic mass is 10.1. The number of carbonyl (C=O) groups is 2. The molecule has 110 valence electrons. The second-order valence-corrected chi connectivity index (χ2v) is 5.32. The summed E-state index contributed by atoms with van der Waals surface area (Å²) in [5.41, 5.74) is 2.27. The molecule has 0 spiro atoms. The number of benzene rings is 1. The van der Waals surface area contributed by atoms with E-state index in [0.29, 0.717) is 19.5 Å². The Balaban J connectivity index is 2.39. The Bertz CT molecular complexity index is 469. The summed E-state index contributed by atoms with van der Waals surface area (Å²) in [6.07, 6.45) is 0.337. The first-order valence-electron chi connectivity index (χ1n) is 6.99. The van der Waals surface area contributed by atoms with Crippen molar-refractivity contribution in [3.63, 3.8) is 0 Å². The maximum Gasteiger partial charge on any atom is 0.222 e. The standard InChI is InChI=1S/C16H24N2O2/c1-12(2)18(14(4)19)9-8-16(20)17-11-15-7-5-6-13(3)10-15/h5-7,10,12H,8-9,11H2,1-4H3,(H,17,20). The van der Waals surface area contributed by atoms with Gasteiger partial charge in [-0.05, 0) is 26.3 Å². The van der Waals surface area contributed by atoms with Crippen LogP contribution in [0.2, 0.25) is 0 Å². The van der Waals surface area contributed by atoms with Gasteiger partial charge in [0.05, 0.1) is 0 Å². The van der Waals surface area contributed by atoms with Crippen molar-refractivity contribution in [3.8, 4) is 0 Å². The Morgan fingerprint density at radius 1 is 1.30 bits per heavy atom. The van der Waals surface area contributed by atoms with Gasteiger partial charge in [-0.25, -0.2) is 0 Å². The molecule has 0 atom stereocenters. The van der Waals surface area contributed by atoms with E-state index in [-0.39, 0.29) is 17.9 Å². The molecule has 0 fully saturated rings. The highest BCUT2D eigenvalue weighted by molar-refractivity contribution is 5.78. The van der Waals surface area contributed by atoms with Crippen LogP contribution in [0.4, 0.5) is 0 Å². The molecule has 0 saturated carbocycles. The van der Waals surface area contributed by atoms with E-state index in [9.17, 15) is 9.59 Å². The maximum absolute atomic E-state index is 11.8. The van der Waals surface area contributed by atoms with Crippen LogP contribution in [0.1, 0.15) is 38.3 Å². The Kier molecular flexibility index (Phi) is 6.22. The first kappa shape index (κ1) is 16.2. The van der Waals surface area contributed by atoms with E-state index in [4.69, 9.17) is 0 Å². The van der Waals surface area contributed by atoms with Gasteiger partial charge >= 0.3 is 0 Å². The van der Waals surface area contributed by atoms with Gasteiger partial charge in [-0.1, -0.05) is 29.8 Å². The average molecular weight is 276 g/mol. The number of carbonyl (C=O) groups excluding carboxylic acids is 2. The largest absolute Gasteiger partial charge is 0.352 e. The number of hydrogen-bond acceptors (Lipinski definition) is 2. The van der Waals surface area contributed by atoms with Crippen molar-refractivity contribution in [3.05, 3.63) is 35.4 Å². The molecule has 0 aromatic heterocycles. The normalized spacial score (nSPS) is 10.4. The second kappa shape index (κ2) is 7.68. The molecule has 0 radical (unpaired) electrons. The zero-order valence-electron chi connectivity index (χ0n) is 12.8. The van der Waals surface area contributed by atoms with E-state index in [1.807, 2.05) is 39.0 Å². The Hall–Kier alpha value is -1.84. The van der Waals surface area contributed by atoms with Gasteiger partial charge in [-0.15, -0.1) is 0 Å². The summed E-state index contributed by atoms with van der Waals surface area (Å²) in [4.78, 5) is 24.9. The molecule has 0 saturated heterocycles. The maximum atomic E-state index is 11.8. The van der Waals surface area contributed by atoms with Gasteiger partial charge in [0, 0.05) is 32.5 Å². The fraction of sp³-hybridized carbons (Fsp3) is 0.500. The van der Waals surface area contributed by atoms with Crippen LogP contribution in [0.3, 0.4) is 0 Å². The summed E-state index contributed by atoms with van der Waals surface area (Å²) < 4.78 is 0. The molecular formula is C16H24N2O2. The topological polar surface area (TPSA) is 49.4 Å². The first-order valence-corrected chi connectivity index (χ1v) is 6.99. The van der Waals surface area contributed by atoms with Crippen molar-refractivity contribution >= 4 is 11.8 Å². The van der Waals surface area contributed by atoms with E-state index in [1.54, 1.807) is 4.90 Å². The number of rotatable bonds is 6. The van der Waals surface area contributed by atoms with E-state index in [1.165, 1.54) is 12.5 Å². The number of amides is 2. The molecule has 2 amide bonds. The highest BCUT2D eigenvalue weighted by Crippen LogP contribution is 2.04. The van der Waals surface area contributed by atoms with Crippen LogP contribution in [0.25, 0.3) is 0 Å². The minimum absolute atomic E-state index is 0.00600. The van der Waals surface area contributed by atoms with Crippen LogP contribution < -0.4 is 5.32 Å². The van der Waals surface area contributed by atoms with Crippen molar-refractivity contribution in [2.75, 3.05) is 6.54 Å². The summed E-state index contributed by atoms with van der Waals surface area (Å²) in [6, 6.07) is 8.17. The monoisotopic (exact) mass is 276 g/mol. The first-order chi connectivity index (χ1) is 9.40. The smallest absolute Gasteiger partial charge is 0.222 e. The molecule has 0 unspecified atom stereocenters. The fourth-order valence-corrected chi connectivity index (χ4v) is 2.11. The van der Waals surface area contributed by atoms with Gasteiger partial charge in [0.1, 0.15) is 0 Å². The van der Waals surface area contributed by atoms with E-state index >= 15 is 0 Å². The van der Waals surface area contributed by atoms with Gasteiger partial charge in [0.2, 0.25) is 11.8 Å². The van der Waals surface area contributed by atoms with E-state index in [2.05, 4.69) is 11.4 Å². The zero-order valence-corrected chi connectivity index (χ0v) is 12.8. The molecule has 1 aromatic carbocycles. The molecule has 20 heavy (non-hydrogen) atoms. The second-order valence-electron chi connectivity index (χ2n) is 5.32. The molecule has 0 aliphatic rings. The van der Waals surface area contributed by atoms with Crippen LogP contribution in [0.5, 0.6) is 0 Å². The number of nitrogens with zero attached hydrogens (tertiary/aromatic N) is 1. The van der Waals surface area contributed by atoms with Gasteiger partial charge in [-0.3, -0.25) is 9.59 Å². The molecule has 0 aliphatic heterocycles. The number of aryl methyl sites for hydroxylation is 1. The molecule has 4 nitrogen and oxygen atoms in total. The quantitative estimate of drug-likeness (QED) is 0.866. The SMILES string of the molecule is CC(=O)N(CCC(=O)NCc1cccc(C)c1)C(C)C. The Morgan fingerprint density at radius 2 is 2.00 bits per heavy atom. The lowest BCUT2D eigenvalue weighted by Crippen LogP contribution is -2.38. The molecule has 1 N–H and O–H groups in total. The minimum Gasteiger partial charge on any atom is -0.352 e. The summed E-state index contributed by atoms with van der Waals surface area (Å²) in [7, 11) is 0. The highest BCUT2D eigenvalue weighted by Gasteiger charge is 2.13. The molecule has 0 heterocycles. The van der Waals surface area contributed by atoms with Crippen molar-refractivity contribution in [2.24, 2.45) is 0 Å². The molecule has 0 aliphatic carbocycles. The Morgan fingerprint density at radius 3 is 2.55 bits per heavy atom. The van der Waals surface area contributed by atoms with Gasteiger partial charge in [-0.2, -0.15) is 0 Å². The lowest BCUT2D eigenvalue weighted by Gasteiger charge is -2.24. The van der Waals surface area contributed by atoms with Crippen LogP contribution in [0.15, 0.2) is 24.3 Å². The van der Waals surface area contributed by atoms with Crippen LogP contribution in [-0.2, 0) is 16.1 Å². The predicted octanol–water partition coefficient (Wildman–Crippen LogP) is 2.26. The highest BCUT2D eigenvalue weighted by atomic mass is 16.2. The van der Waals surface area contributed by atoms with E-state index < -0.39 is 0 Å². The van der Waals surface area contributed by atoms with Crippen molar-refractivity contribution in [1.82, 2.24) is 10.2 Å². The third-order valence-electron chi connectivity index (χ3n) is 3.18. The van der Waals surface area contributed by atoms with Crippen LogP contribution in [-0.4, -0.2) is 29.3 Å². The summed E-state index contributed by atoms with van der Waals surface area (Å²) >= 11 is 0. The van der Waals surface area contributed by atoms with Gasteiger partial charge in [0.25, 0.3) is 0 Å². The van der Waals surface area contributed by atoms with E-state index in [0.717, 1.165) is 5.56 Å². The van der Waals surface area contributed by atoms with Gasteiger partial charge < -0.3 is 10.2 Å². The van der Waals surface area contributed by atoms with Crippen molar-refractivity contribution in [2.45, 2.75) is 46.7 Å². The van der Waals surface area contributed by atoms with Crippen LogP contribution >= 0.6 is 0 Å². The molecular weight excluding hydrogens is 252 g/mol. The molecule has 1 aromatic rings. The van der Waals surface area contributed by atoms with Crippen molar-refractivity contribution < 1.29 is 9.59 Å². The zero-order chi connectivity index (χ0) is 15.1. The number of nitrogens with one attached hydrogen (secondary N) is 1.